The van der Waals surface area contributed by atoms with Gasteiger partial charge in [-0.15, -0.1) is 0 Å². The maximum absolute atomic E-state index is 11.3. The van der Waals surface area contributed by atoms with Gasteiger partial charge in [0.2, 0.25) is 0 Å². The third-order valence-corrected chi connectivity index (χ3v) is 6.37. The lowest BCUT2D eigenvalue weighted by Crippen LogP contribution is -2.42. The summed E-state index contributed by atoms with van der Waals surface area (Å²) in [5.41, 5.74) is 1.22. The van der Waals surface area contributed by atoms with Gasteiger partial charge >= 0.3 is 0 Å². The summed E-state index contributed by atoms with van der Waals surface area (Å²) < 4.78 is 0. The van der Waals surface area contributed by atoms with E-state index >= 15 is 0 Å². The third-order valence-electron chi connectivity index (χ3n) is 6.37. The second-order valence-corrected chi connectivity index (χ2v) is 6.65. The zero-order valence-corrected chi connectivity index (χ0v) is 10.4. The molecule has 1 heteroatoms. The first-order chi connectivity index (χ1) is 8.12. The van der Waals surface area contributed by atoms with Gasteiger partial charge in [0.15, 0.2) is 0 Å². The Hall–Kier alpha value is -0.820. The molecule has 1 aromatic rings. The molecule has 1 aromatic carbocycles. The van der Waals surface area contributed by atoms with E-state index in [4.69, 9.17) is 0 Å². The topological polar surface area (TPSA) is 20.2 Å². The molecule has 0 amide bonds. The molecular formula is C16H20O. The van der Waals surface area contributed by atoms with Gasteiger partial charge in [-0.25, -0.2) is 0 Å². The number of rotatable bonds is 1. The average Bonchev–Trinajstić information content (AvgIpc) is 3.08. The fraction of sp³-hybridized carbons (Fsp3) is 0.625. The van der Waals surface area contributed by atoms with Crippen LogP contribution in [0.15, 0.2) is 30.3 Å². The van der Waals surface area contributed by atoms with Crippen LogP contribution < -0.4 is 0 Å². The van der Waals surface area contributed by atoms with Crippen molar-refractivity contribution in [2.45, 2.75) is 44.6 Å². The van der Waals surface area contributed by atoms with Crippen molar-refractivity contribution in [1.29, 1.82) is 0 Å². The Bertz CT molecular complexity index is 462. The van der Waals surface area contributed by atoms with Crippen LogP contribution in [-0.4, -0.2) is 5.11 Å². The molecule has 0 saturated heterocycles. The van der Waals surface area contributed by atoms with E-state index < -0.39 is 5.60 Å². The van der Waals surface area contributed by atoms with Gasteiger partial charge in [0.25, 0.3) is 0 Å². The number of hydrogen-bond donors (Lipinski definition) is 1. The van der Waals surface area contributed by atoms with E-state index in [2.05, 4.69) is 31.2 Å². The predicted octanol–water partition coefficient (Wildman–Crippen LogP) is 3.47. The van der Waals surface area contributed by atoms with Crippen molar-refractivity contribution in [3.8, 4) is 0 Å². The third kappa shape index (κ3) is 0.932. The van der Waals surface area contributed by atoms with Gasteiger partial charge in [0, 0.05) is 5.41 Å². The molecule has 17 heavy (non-hydrogen) atoms. The summed E-state index contributed by atoms with van der Waals surface area (Å²) in [6.07, 6.45) is 6.24. The van der Waals surface area contributed by atoms with Crippen molar-refractivity contribution in [3.05, 3.63) is 35.9 Å². The van der Waals surface area contributed by atoms with Gasteiger partial charge in [-0.05, 0) is 49.0 Å². The van der Waals surface area contributed by atoms with Crippen LogP contribution in [0.2, 0.25) is 0 Å². The average molecular weight is 228 g/mol. The summed E-state index contributed by atoms with van der Waals surface area (Å²) in [4.78, 5) is 0. The van der Waals surface area contributed by atoms with E-state index in [1.165, 1.54) is 25.7 Å². The minimum Gasteiger partial charge on any atom is -0.385 e. The van der Waals surface area contributed by atoms with Crippen LogP contribution in [0, 0.1) is 16.7 Å². The van der Waals surface area contributed by atoms with Gasteiger partial charge in [-0.2, -0.15) is 0 Å². The summed E-state index contributed by atoms with van der Waals surface area (Å²) in [5.74, 6) is 0.776. The van der Waals surface area contributed by atoms with Crippen LogP contribution in [0.5, 0.6) is 0 Å². The largest absolute Gasteiger partial charge is 0.385 e. The van der Waals surface area contributed by atoms with Crippen LogP contribution >= 0.6 is 0 Å². The standard InChI is InChI=1S/C16H20O/c1-14-8-7-13(15(14)9-10-15)11-16(14,17)12-5-3-2-4-6-12/h2-6,13,17H,7-11H2,1H3/t13-,14-,16+/m1/s1. The second kappa shape index (κ2) is 2.77. The molecule has 3 fully saturated rings. The van der Waals surface area contributed by atoms with Crippen LogP contribution in [0.3, 0.4) is 0 Å². The van der Waals surface area contributed by atoms with Crippen LogP contribution in [0.25, 0.3) is 0 Å². The lowest BCUT2D eigenvalue weighted by molar-refractivity contribution is -0.0855. The summed E-state index contributed by atoms with van der Waals surface area (Å²) in [7, 11) is 0. The molecule has 3 aliphatic carbocycles. The molecule has 3 saturated carbocycles. The van der Waals surface area contributed by atoms with Crippen molar-refractivity contribution in [1.82, 2.24) is 0 Å². The Balaban J connectivity index is 1.86. The number of benzene rings is 1. The molecule has 3 atom stereocenters. The minimum atomic E-state index is -0.562. The predicted molar refractivity (Wildman–Crippen MR) is 67.5 cm³/mol. The molecule has 0 radical (unpaired) electrons. The molecule has 1 N–H and O–H groups in total. The van der Waals surface area contributed by atoms with E-state index in [1.807, 2.05) is 6.07 Å². The first-order valence-corrected chi connectivity index (χ1v) is 6.90. The lowest BCUT2D eigenvalue weighted by atomic mass is 9.66. The number of aliphatic hydroxyl groups is 1. The summed E-state index contributed by atoms with van der Waals surface area (Å²) >= 11 is 0. The Morgan fingerprint density at radius 1 is 1.12 bits per heavy atom. The molecule has 2 bridgehead atoms. The van der Waals surface area contributed by atoms with Crippen molar-refractivity contribution in [2.75, 3.05) is 0 Å². The quantitative estimate of drug-likeness (QED) is 0.780. The normalized spacial score (nSPS) is 45.4. The Labute approximate surface area is 103 Å². The van der Waals surface area contributed by atoms with E-state index in [-0.39, 0.29) is 5.41 Å². The van der Waals surface area contributed by atoms with E-state index in [0.717, 1.165) is 17.9 Å². The van der Waals surface area contributed by atoms with Gasteiger partial charge in [0.1, 0.15) is 0 Å². The molecule has 0 aromatic heterocycles. The maximum atomic E-state index is 11.3. The zero-order chi connectivity index (χ0) is 11.7. The van der Waals surface area contributed by atoms with E-state index in [1.54, 1.807) is 0 Å². The van der Waals surface area contributed by atoms with Gasteiger partial charge < -0.3 is 5.11 Å². The Morgan fingerprint density at radius 3 is 2.41 bits per heavy atom. The molecule has 3 aliphatic rings. The van der Waals surface area contributed by atoms with E-state index in [9.17, 15) is 5.11 Å². The highest BCUT2D eigenvalue weighted by molar-refractivity contribution is 5.35. The van der Waals surface area contributed by atoms with Crippen LogP contribution in [0.1, 0.15) is 44.6 Å². The van der Waals surface area contributed by atoms with Crippen molar-refractivity contribution in [2.24, 2.45) is 16.7 Å². The lowest BCUT2D eigenvalue weighted by Gasteiger charge is -2.43. The van der Waals surface area contributed by atoms with Gasteiger partial charge in [-0.3, -0.25) is 0 Å². The SMILES string of the molecule is C[C@]12CC[C@H](C[C@]1(O)c1ccccc1)C21CC1. The highest BCUT2D eigenvalue weighted by Gasteiger charge is 2.76. The van der Waals surface area contributed by atoms with Crippen LogP contribution in [0.4, 0.5) is 0 Å². The fourth-order valence-electron chi connectivity index (χ4n) is 5.18. The van der Waals surface area contributed by atoms with Crippen molar-refractivity contribution < 1.29 is 5.11 Å². The van der Waals surface area contributed by atoms with Gasteiger partial charge in [-0.1, -0.05) is 37.3 Å². The van der Waals surface area contributed by atoms with Crippen molar-refractivity contribution in [3.63, 3.8) is 0 Å². The fourth-order valence-corrected chi connectivity index (χ4v) is 5.18. The first kappa shape index (κ1) is 10.1. The monoisotopic (exact) mass is 228 g/mol. The molecule has 0 aliphatic heterocycles. The molecular weight excluding hydrogens is 208 g/mol. The molecule has 1 spiro atoms. The van der Waals surface area contributed by atoms with Crippen molar-refractivity contribution >= 4 is 0 Å². The summed E-state index contributed by atoms with van der Waals surface area (Å²) in [5, 5.41) is 11.3. The van der Waals surface area contributed by atoms with Gasteiger partial charge in [0.05, 0.1) is 5.60 Å². The maximum Gasteiger partial charge on any atom is 0.0958 e. The molecule has 1 nitrogen and oxygen atoms in total. The molecule has 0 heterocycles. The number of hydrogen-bond acceptors (Lipinski definition) is 1. The molecule has 4 rings (SSSR count). The Morgan fingerprint density at radius 2 is 1.82 bits per heavy atom. The first-order valence-electron chi connectivity index (χ1n) is 6.90. The smallest absolute Gasteiger partial charge is 0.0958 e. The highest BCUT2D eigenvalue weighted by atomic mass is 16.3. The zero-order valence-electron chi connectivity index (χ0n) is 10.4. The molecule has 0 unspecified atom stereocenters. The van der Waals surface area contributed by atoms with E-state index in [0.29, 0.717) is 5.41 Å². The van der Waals surface area contributed by atoms with Crippen LogP contribution in [-0.2, 0) is 5.60 Å². The minimum absolute atomic E-state index is 0.131. The Kier molecular flexibility index (Phi) is 1.65. The summed E-state index contributed by atoms with van der Waals surface area (Å²) in [6, 6.07) is 10.4. The highest BCUT2D eigenvalue weighted by Crippen LogP contribution is 2.81. The molecule has 90 valence electrons. The summed E-state index contributed by atoms with van der Waals surface area (Å²) in [6.45, 7) is 2.35. The second-order valence-electron chi connectivity index (χ2n) is 6.65.